The Balaban J connectivity index is 3.22. The molecule has 1 aromatic rings. The highest BCUT2D eigenvalue weighted by molar-refractivity contribution is 9.10. The third-order valence-electron chi connectivity index (χ3n) is 2.18. The molecule has 0 saturated heterocycles. The van der Waals surface area contributed by atoms with Gasteiger partial charge < -0.3 is 5.73 Å². The molecule has 2 N–H and O–H groups in total. The lowest BCUT2D eigenvalue weighted by atomic mass is 10.0. The van der Waals surface area contributed by atoms with E-state index in [-0.39, 0.29) is 0 Å². The van der Waals surface area contributed by atoms with E-state index < -0.39 is 0 Å². The molecule has 0 unspecified atom stereocenters. The zero-order valence-corrected chi connectivity index (χ0v) is 11.3. The van der Waals surface area contributed by atoms with Crippen molar-refractivity contribution in [2.45, 2.75) is 19.8 Å². The zero-order chi connectivity index (χ0) is 12.1. The van der Waals surface area contributed by atoms with E-state index in [1.54, 1.807) is 12.1 Å². The van der Waals surface area contributed by atoms with E-state index in [2.05, 4.69) is 22.0 Å². The van der Waals surface area contributed by atoms with Crippen LogP contribution in [0.15, 0.2) is 28.2 Å². The van der Waals surface area contributed by atoms with Crippen molar-refractivity contribution in [1.82, 2.24) is 0 Å². The van der Waals surface area contributed by atoms with E-state index in [0.717, 1.165) is 16.5 Å². The van der Waals surface area contributed by atoms with Crippen molar-refractivity contribution < 1.29 is 0 Å². The predicted molar refractivity (Wildman–Crippen MR) is 70.8 cm³/mol. The second kappa shape index (κ2) is 5.93. The van der Waals surface area contributed by atoms with Gasteiger partial charge in [0, 0.05) is 15.1 Å². The summed E-state index contributed by atoms with van der Waals surface area (Å²) in [5.74, 6) is 0. The molecule has 1 rings (SSSR count). The third kappa shape index (κ3) is 3.01. The molecule has 0 bridgehead atoms. The summed E-state index contributed by atoms with van der Waals surface area (Å²) >= 11 is 9.23. The van der Waals surface area contributed by atoms with E-state index in [4.69, 9.17) is 22.6 Å². The maximum atomic E-state index is 9.01. The first-order valence-electron chi connectivity index (χ1n) is 4.94. The summed E-state index contributed by atoms with van der Waals surface area (Å²) in [6.45, 7) is 2.02. The molecule has 0 heterocycles. The van der Waals surface area contributed by atoms with Crippen molar-refractivity contribution in [1.29, 1.82) is 5.26 Å². The fourth-order valence-electron chi connectivity index (χ4n) is 1.37. The van der Waals surface area contributed by atoms with Crippen molar-refractivity contribution in [2.24, 2.45) is 5.73 Å². The molecule has 1 aromatic carbocycles. The molecule has 0 aliphatic heterocycles. The first-order valence-corrected chi connectivity index (χ1v) is 6.11. The monoisotopic (exact) mass is 298 g/mol. The normalized spacial score (nSPS) is 11.9. The van der Waals surface area contributed by atoms with Crippen molar-refractivity contribution in [3.05, 3.63) is 38.8 Å². The SMILES string of the molecule is CCC/C(C#N)=C(/N)c1ccc(Cl)cc1Br. The van der Waals surface area contributed by atoms with Crippen LogP contribution in [0.3, 0.4) is 0 Å². The molecule has 0 aliphatic rings. The van der Waals surface area contributed by atoms with Crippen molar-refractivity contribution in [3.63, 3.8) is 0 Å². The van der Waals surface area contributed by atoms with Crippen LogP contribution in [0.4, 0.5) is 0 Å². The molecule has 84 valence electrons. The van der Waals surface area contributed by atoms with Gasteiger partial charge in [0.15, 0.2) is 0 Å². The van der Waals surface area contributed by atoms with Crippen LogP contribution in [-0.2, 0) is 0 Å². The van der Waals surface area contributed by atoms with Gasteiger partial charge in [-0.25, -0.2) is 0 Å². The van der Waals surface area contributed by atoms with Crippen LogP contribution < -0.4 is 5.73 Å². The number of nitriles is 1. The van der Waals surface area contributed by atoms with Gasteiger partial charge in [-0.1, -0.05) is 46.9 Å². The van der Waals surface area contributed by atoms with E-state index in [9.17, 15) is 0 Å². The molecular formula is C12H12BrClN2. The molecule has 4 heteroatoms. The Hall–Kier alpha value is -0.980. The zero-order valence-electron chi connectivity index (χ0n) is 8.93. The average molecular weight is 300 g/mol. The molecule has 0 saturated carbocycles. The highest BCUT2D eigenvalue weighted by Crippen LogP contribution is 2.27. The van der Waals surface area contributed by atoms with E-state index in [1.165, 1.54) is 0 Å². The summed E-state index contributed by atoms with van der Waals surface area (Å²) in [6, 6.07) is 7.49. The van der Waals surface area contributed by atoms with Crippen molar-refractivity contribution in [2.75, 3.05) is 0 Å². The second-order valence-corrected chi connectivity index (χ2v) is 4.67. The quantitative estimate of drug-likeness (QED) is 0.854. The molecule has 0 fully saturated rings. The number of nitrogens with zero attached hydrogens (tertiary/aromatic N) is 1. The van der Waals surface area contributed by atoms with Crippen LogP contribution in [0, 0.1) is 11.3 Å². The Kier molecular flexibility index (Phi) is 4.85. The third-order valence-corrected chi connectivity index (χ3v) is 3.07. The molecule has 0 atom stereocenters. The fourth-order valence-corrected chi connectivity index (χ4v) is 2.27. The lowest BCUT2D eigenvalue weighted by Gasteiger charge is -2.07. The lowest BCUT2D eigenvalue weighted by Crippen LogP contribution is -2.01. The number of rotatable bonds is 3. The number of nitrogens with two attached hydrogens (primary N) is 1. The Morgan fingerprint density at radius 2 is 2.25 bits per heavy atom. The first kappa shape index (κ1) is 13.1. The van der Waals surface area contributed by atoms with Gasteiger partial charge in [-0.15, -0.1) is 0 Å². The van der Waals surface area contributed by atoms with E-state index in [1.807, 2.05) is 13.0 Å². The minimum atomic E-state index is 0.521. The van der Waals surface area contributed by atoms with Crippen LogP contribution in [0.2, 0.25) is 5.02 Å². The number of hydrogen-bond donors (Lipinski definition) is 1. The summed E-state index contributed by atoms with van der Waals surface area (Å²) < 4.78 is 0.807. The largest absolute Gasteiger partial charge is 0.397 e. The molecule has 0 amide bonds. The Morgan fingerprint density at radius 1 is 1.56 bits per heavy atom. The summed E-state index contributed by atoms with van der Waals surface area (Å²) in [5.41, 5.74) is 7.92. The molecule has 0 spiro atoms. The number of benzene rings is 1. The van der Waals surface area contributed by atoms with Crippen LogP contribution in [-0.4, -0.2) is 0 Å². The predicted octanol–water partition coefficient (Wildman–Crippen LogP) is 4.10. The topological polar surface area (TPSA) is 49.8 Å². The Bertz CT molecular complexity index is 461. The van der Waals surface area contributed by atoms with Gasteiger partial charge in [-0.05, 0) is 18.6 Å². The molecule has 0 aliphatic carbocycles. The highest BCUT2D eigenvalue weighted by atomic mass is 79.9. The maximum absolute atomic E-state index is 9.01. The molecule has 2 nitrogen and oxygen atoms in total. The van der Waals surface area contributed by atoms with Crippen LogP contribution in [0.25, 0.3) is 5.70 Å². The molecule has 16 heavy (non-hydrogen) atoms. The minimum Gasteiger partial charge on any atom is -0.397 e. The Morgan fingerprint density at radius 3 is 2.75 bits per heavy atom. The summed E-state index contributed by atoms with van der Waals surface area (Å²) in [7, 11) is 0. The molecule has 0 radical (unpaired) electrons. The summed E-state index contributed by atoms with van der Waals surface area (Å²) in [5, 5.41) is 9.64. The smallest absolute Gasteiger partial charge is 0.0968 e. The number of hydrogen-bond acceptors (Lipinski definition) is 2. The van der Waals surface area contributed by atoms with Gasteiger partial charge in [0.2, 0.25) is 0 Å². The number of halogens is 2. The minimum absolute atomic E-state index is 0.521. The van der Waals surface area contributed by atoms with Gasteiger partial charge in [-0.3, -0.25) is 0 Å². The van der Waals surface area contributed by atoms with Crippen LogP contribution >= 0.6 is 27.5 Å². The highest BCUT2D eigenvalue weighted by Gasteiger charge is 2.08. The van der Waals surface area contributed by atoms with Crippen molar-refractivity contribution in [3.8, 4) is 6.07 Å². The van der Waals surface area contributed by atoms with E-state index >= 15 is 0 Å². The first-order chi connectivity index (χ1) is 7.60. The lowest BCUT2D eigenvalue weighted by molar-refractivity contribution is 0.928. The standard InChI is InChI=1S/C12H12BrClN2/c1-2-3-8(7-15)12(16)10-5-4-9(14)6-11(10)13/h4-6H,2-3,16H2,1H3/b12-8-. The van der Waals surface area contributed by atoms with Crippen molar-refractivity contribution >= 4 is 33.2 Å². The van der Waals surface area contributed by atoms with Crippen LogP contribution in [0.5, 0.6) is 0 Å². The summed E-state index contributed by atoms with van der Waals surface area (Å²) in [6.07, 6.45) is 1.59. The molecule has 0 aromatic heterocycles. The van der Waals surface area contributed by atoms with Gasteiger partial charge in [0.25, 0.3) is 0 Å². The van der Waals surface area contributed by atoms with Gasteiger partial charge in [0.05, 0.1) is 17.3 Å². The molecular weight excluding hydrogens is 288 g/mol. The Labute approximate surface area is 109 Å². The number of allylic oxidation sites excluding steroid dienone is 1. The maximum Gasteiger partial charge on any atom is 0.0968 e. The van der Waals surface area contributed by atoms with Crippen LogP contribution in [0.1, 0.15) is 25.3 Å². The van der Waals surface area contributed by atoms with Gasteiger partial charge >= 0.3 is 0 Å². The van der Waals surface area contributed by atoms with Gasteiger partial charge in [-0.2, -0.15) is 5.26 Å². The average Bonchev–Trinajstić information content (AvgIpc) is 2.25. The van der Waals surface area contributed by atoms with E-state index in [0.29, 0.717) is 22.7 Å². The summed E-state index contributed by atoms with van der Waals surface area (Å²) in [4.78, 5) is 0. The fraction of sp³-hybridized carbons (Fsp3) is 0.250. The van der Waals surface area contributed by atoms with Gasteiger partial charge in [0.1, 0.15) is 0 Å². The second-order valence-electron chi connectivity index (χ2n) is 3.38.